The van der Waals surface area contributed by atoms with E-state index in [1.54, 1.807) is 12.1 Å². The zero-order valence-electron chi connectivity index (χ0n) is 8.91. The van der Waals surface area contributed by atoms with Crippen LogP contribution in [0.5, 0.6) is 11.6 Å². The maximum atomic E-state index is 12.3. The van der Waals surface area contributed by atoms with E-state index in [9.17, 15) is 13.2 Å². The molecular weight excluding hydrogens is 358 g/mol. The molecule has 2 aromatic rings. The molecule has 1 heterocycles. The van der Waals surface area contributed by atoms with Crippen LogP contribution in [-0.2, 0) is 6.18 Å². The molecule has 0 aliphatic rings. The van der Waals surface area contributed by atoms with Gasteiger partial charge in [-0.1, -0.05) is 0 Å². The van der Waals surface area contributed by atoms with Gasteiger partial charge in [-0.25, -0.2) is 4.98 Å². The largest absolute Gasteiger partial charge is 0.439 e. The van der Waals surface area contributed by atoms with Gasteiger partial charge in [0.15, 0.2) is 0 Å². The number of rotatable bonds is 2. The summed E-state index contributed by atoms with van der Waals surface area (Å²) in [5, 5.41) is 0. The summed E-state index contributed by atoms with van der Waals surface area (Å²) in [5.74, 6) is 0.659. The van der Waals surface area contributed by atoms with Gasteiger partial charge in [-0.2, -0.15) is 13.2 Å². The van der Waals surface area contributed by atoms with E-state index >= 15 is 0 Å². The van der Waals surface area contributed by atoms with E-state index in [-0.39, 0.29) is 5.88 Å². The normalized spacial score (nSPS) is 11.3. The summed E-state index contributed by atoms with van der Waals surface area (Å²) in [6, 6.07) is 9.25. The Labute approximate surface area is 115 Å². The van der Waals surface area contributed by atoms with Gasteiger partial charge in [-0.05, 0) is 52.9 Å². The van der Waals surface area contributed by atoms with Crippen LogP contribution in [0.25, 0.3) is 0 Å². The summed E-state index contributed by atoms with van der Waals surface area (Å²) in [6.07, 6.45) is -3.63. The fraction of sp³-hybridized carbons (Fsp3) is 0.0833. The second-order valence-corrected chi connectivity index (χ2v) is 4.68. The fourth-order valence-corrected chi connectivity index (χ4v) is 1.59. The van der Waals surface area contributed by atoms with Crippen molar-refractivity contribution in [2.45, 2.75) is 6.18 Å². The molecule has 0 amide bonds. The number of hydrogen-bond acceptors (Lipinski definition) is 2. The number of hydrogen-bond donors (Lipinski definition) is 0. The van der Waals surface area contributed by atoms with Gasteiger partial charge in [0.1, 0.15) is 5.75 Å². The highest BCUT2D eigenvalue weighted by Gasteiger charge is 2.30. The number of ether oxygens (including phenoxy) is 1. The Hall–Kier alpha value is -1.31. The van der Waals surface area contributed by atoms with E-state index in [1.807, 2.05) is 12.1 Å². The van der Waals surface area contributed by atoms with Crippen LogP contribution in [0.4, 0.5) is 13.2 Å². The minimum Gasteiger partial charge on any atom is -0.439 e. The monoisotopic (exact) mass is 365 g/mol. The van der Waals surface area contributed by atoms with Crippen molar-refractivity contribution < 1.29 is 17.9 Å². The molecule has 6 heteroatoms. The van der Waals surface area contributed by atoms with Gasteiger partial charge in [0.05, 0.1) is 5.56 Å². The molecule has 0 fully saturated rings. The van der Waals surface area contributed by atoms with Crippen LogP contribution >= 0.6 is 22.6 Å². The number of nitrogens with zero attached hydrogens (tertiary/aromatic N) is 1. The summed E-state index contributed by atoms with van der Waals surface area (Å²) >= 11 is 2.14. The summed E-state index contributed by atoms with van der Waals surface area (Å²) < 4.78 is 43.3. The number of aromatic nitrogens is 1. The van der Waals surface area contributed by atoms with E-state index in [4.69, 9.17) is 4.74 Å². The molecule has 0 N–H and O–H groups in total. The molecule has 2 nitrogen and oxygen atoms in total. The van der Waals surface area contributed by atoms with E-state index < -0.39 is 11.7 Å². The SMILES string of the molecule is FC(F)(F)c1ccc(Oc2ccc(I)cc2)nc1. The molecule has 0 aliphatic heterocycles. The molecule has 18 heavy (non-hydrogen) atoms. The van der Waals surface area contributed by atoms with Crippen LogP contribution in [0, 0.1) is 3.57 Å². The summed E-state index contributed by atoms with van der Waals surface area (Å²) in [6.45, 7) is 0. The predicted molar refractivity (Wildman–Crippen MR) is 68.5 cm³/mol. The Morgan fingerprint density at radius 1 is 1.00 bits per heavy atom. The number of halogens is 4. The summed E-state index contributed by atoms with van der Waals surface area (Å²) in [5.41, 5.74) is -0.794. The molecule has 0 radical (unpaired) electrons. The van der Waals surface area contributed by atoms with E-state index in [0.29, 0.717) is 5.75 Å². The van der Waals surface area contributed by atoms with Crippen molar-refractivity contribution in [2.24, 2.45) is 0 Å². The van der Waals surface area contributed by atoms with Crippen LogP contribution in [0.3, 0.4) is 0 Å². The third kappa shape index (κ3) is 3.34. The van der Waals surface area contributed by atoms with Gasteiger partial charge in [-0.15, -0.1) is 0 Å². The Bertz CT molecular complexity index is 523. The molecule has 2 rings (SSSR count). The van der Waals surface area contributed by atoms with Crippen LogP contribution in [0.15, 0.2) is 42.6 Å². The standard InChI is InChI=1S/C12H7F3INO/c13-12(14,15)8-1-6-11(17-7-8)18-10-4-2-9(16)3-5-10/h1-7H. The van der Waals surface area contributed by atoms with E-state index in [1.165, 1.54) is 6.07 Å². The van der Waals surface area contributed by atoms with E-state index in [2.05, 4.69) is 27.6 Å². The zero-order chi connectivity index (χ0) is 13.2. The minimum atomic E-state index is -4.38. The first-order valence-electron chi connectivity index (χ1n) is 4.92. The van der Waals surface area contributed by atoms with Crippen molar-refractivity contribution in [3.8, 4) is 11.6 Å². The molecule has 0 spiro atoms. The van der Waals surface area contributed by atoms with Gasteiger partial charge in [0.2, 0.25) is 5.88 Å². The first-order valence-corrected chi connectivity index (χ1v) is 6.00. The highest BCUT2D eigenvalue weighted by atomic mass is 127. The molecule has 1 aromatic carbocycles. The van der Waals surface area contributed by atoms with Crippen molar-refractivity contribution in [1.82, 2.24) is 4.98 Å². The maximum absolute atomic E-state index is 12.3. The van der Waals surface area contributed by atoms with Gasteiger partial charge in [-0.3, -0.25) is 0 Å². The molecule has 0 atom stereocenters. The average molecular weight is 365 g/mol. The molecule has 0 saturated carbocycles. The second-order valence-electron chi connectivity index (χ2n) is 3.44. The van der Waals surface area contributed by atoms with Crippen LogP contribution in [0.2, 0.25) is 0 Å². The summed E-state index contributed by atoms with van der Waals surface area (Å²) in [4.78, 5) is 3.62. The Balaban J connectivity index is 2.13. The third-order valence-corrected chi connectivity index (χ3v) is 2.82. The van der Waals surface area contributed by atoms with Gasteiger partial charge < -0.3 is 4.74 Å². The van der Waals surface area contributed by atoms with Gasteiger partial charge in [0, 0.05) is 15.8 Å². The van der Waals surface area contributed by atoms with Crippen LogP contribution in [-0.4, -0.2) is 4.98 Å². The minimum absolute atomic E-state index is 0.129. The smallest absolute Gasteiger partial charge is 0.417 e. The van der Waals surface area contributed by atoms with Gasteiger partial charge in [0.25, 0.3) is 0 Å². The lowest BCUT2D eigenvalue weighted by Gasteiger charge is -2.07. The summed E-state index contributed by atoms with van der Waals surface area (Å²) in [7, 11) is 0. The van der Waals surface area contributed by atoms with Crippen molar-refractivity contribution in [1.29, 1.82) is 0 Å². The Kier molecular flexibility index (Phi) is 3.74. The molecule has 0 saturated heterocycles. The Morgan fingerprint density at radius 2 is 1.67 bits per heavy atom. The highest BCUT2D eigenvalue weighted by Crippen LogP contribution is 2.30. The highest BCUT2D eigenvalue weighted by molar-refractivity contribution is 14.1. The van der Waals surface area contributed by atoms with Crippen molar-refractivity contribution in [3.05, 3.63) is 51.7 Å². The maximum Gasteiger partial charge on any atom is 0.417 e. The predicted octanol–water partition coefficient (Wildman–Crippen LogP) is 4.50. The molecule has 1 aromatic heterocycles. The molecule has 94 valence electrons. The van der Waals surface area contributed by atoms with Crippen LogP contribution < -0.4 is 4.74 Å². The first kappa shape index (κ1) is 13.1. The molecule has 0 bridgehead atoms. The van der Waals surface area contributed by atoms with Crippen molar-refractivity contribution in [3.63, 3.8) is 0 Å². The first-order chi connectivity index (χ1) is 8.45. The lowest BCUT2D eigenvalue weighted by molar-refractivity contribution is -0.137. The zero-order valence-corrected chi connectivity index (χ0v) is 11.1. The third-order valence-electron chi connectivity index (χ3n) is 2.10. The lowest BCUT2D eigenvalue weighted by atomic mass is 10.3. The topological polar surface area (TPSA) is 22.1 Å². The van der Waals surface area contributed by atoms with Crippen LogP contribution in [0.1, 0.15) is 5.56 Å². The van der Waals surface area contributed by atoms with Crippen molar-refractivity contribution in [2.75, 3.05) is 0 Å². The molecular formula is C12H7F3INO. The van der Waals surface area contributed by atoms with E-state index in [0.717, 1.165) is 15.8 Å². The van der Waals surface area contributed by atoms with Gasteiger partial charge >= 0.3 is 6.18 Å². The number of pyridine rings is 1. The lowest BCUT2D eigenvalue weighted by Crippen LogP contribution is -2.05. The quantitative estimate of drug-likeness (QED) is 0.732. The fourth-order valence-electron chi connectivity index (χ4n) is 1.23. The number of alkyl halides is 3. The van der Waals surface area contributed by atoms with Crippen molar-refractivity contribution >= 4 is 22.6 Å². The molecule has 0 aliphatic carbocycles. The number of benzene rings is 1. The Morgan fingerprint density at radius 3 is 2.17 bits per heavy atom. The average Bonchev–Trinajstić information content (AvgIpc) is 2.32. The second kappa shape index (κ2) is 5.13. The molecule has 0 unspecified atom stereocenters.